The van der Waals surface area contributed by atoms with E-state index in [0.29, 0.717) is 0 Å². The molecule has 40 heavy (non-hydrogen) atoms. The minimum atomic E-state index is -1.00. The van der Waals surface area contributed by atoms with E-state index in [1.165, 1.54) is 11.5 Å². The molecule has 0 radical (unpaired) electrons. The second-order valence-corrected chi connectivity index (χ2v) is 12.6. The SMILES string of the molecule is CC(C)(C)OC(=O)N[C@@H](Cc1ccccc1)C(=O)N[C@@H](Cc1ccc(-c2cc(=O)n(C(C)(C)C)s2)cc1)C(N)=O. The van der Waals surface area contributed by atoms with Crippen molar-refractivity contribution in [2.45, 2.75) is 77.6 Å². The van der Waals surface area contributed by atoms with Crippen molar-refractivity contribution in [3.05, 3.63) is 82.1 Å². The first-order chi connectivity index (χ1) is 18.6. The molecule has 3 aromatic rings. The highest BCUT2D eigenvalue weighted by Gasteiger charge is 2.28. The summed E-state index contributed by atoms with van der Waals surface area (Å²) in [5, 5.41) is 5.32. The molecule has 0 saturated carbocycles. The smallest absolute Gasteiger partial charge is 0.408 e. The largest absolute Gasteiger partial charge is 0.444 e. The molecule has 10 heteroatoms. The van der Waals surface area contributed by atoms with Crippen LogP contribution in [-0.2, 0) is 32.7 Å². The van der Waals surface area contributed by atoms with Gasteiger partial charge in [0.1, 0.15) is 17.7 Å². The summed E-state index contributed by atoms with van der Waals surface area (Å²) in [5.74, 6) is -1.25. The number of primary amides is 1. The van der Waals surface area contributed by atoms with Crippen LogP contribution in [0.3, 0.4) is 0 Å². The molecule has 0 unspecified atom stereocenters. The van der Waals surface area contributed by atoms with Gasteiger partial charge in [-0.2, -0.15) is 0 Å². The lowest BCUT2D eigenvalue weighted by atomic mass is 10.0. The maximum Gasteiger partial charge on any atom is 0.408 e. The molecule has 1 heterocycles. The molecule has 0 aliphatic heterocycles. The third-order valence-electron chi connectivity index (χ3n) is 5.88. The molecule has 2 aromatic carbocycles. The van der Waals surface area contributed by atoms with Gasteiger partial charge < -0.3 is 21.1 Å². The van der Waals surface area contributed by atoms with Crippen LogP contribution in [0, 0.1) is 0 Å². The molecule has 0 aliphatic rings. The molecule has 214 valence electrons. The van der Waals surface area contributed by atoms with Crippen molar-refractivity contribution in [2.75, 3.05) is 0 Å². The molecule has 3 amide bonds. The Hall–Kier alpha value is -3.92. The summed E-state index contributed by atoms with van der Waals surface area (Å²) in [6.45, 7) is 11.1. The van der Waals surface area contributed by atoms with E-state index in [2.05, 4.69) is 10.6 Å². The average Bonchev–Trinajstić information content (AvgIpc) is 3.25. The van der Waals surface area contributed by atoms with Gasteiger partial charge in [0, 0.05) is 18.9 Å². The standard InChI is InChI=1S/C30H38N4O5S/c1-29(2,3)34-25(35)18-24(40-34)21-14-12-20(13-15-21)16-22(26(31)36)32-27(37)23(17-19-10-8-7-9-11-19)33-28(38)39-30(4,5)6/h7-15,18,22-23H,16-17H2,1-6H3,(H2,31,36)(H,32,37)(H,33,38)/t22-,23-/m0/s1. The summed E-state index contributed by atoms with van der Waals surface area (Å²) in [6, 6.07) is 16.3. The van der Waals surface area contributed by atoms with E-state index in [-0.39, 0.29) is 23.9 Å². The number of rotatable bonds is 9. The quantitative estimate of drug-likeness (QED) is 0.360. The highest BCUT2D eigenvalue weighted by molar-refractivity contribution is 7.10. The van der Waals surface area contributed by atoms with E-state index >= 15 is 0 Å². The van der Waals surface area contributed by atoms with Gasteiger partial charge in [0.2, 0.25) is 11.8 Å². The van der Waals surface area contributed by atoms with Gasteiger partial charge in [0.15, 0.2) is 0 Å². The van der Waals surface area contributed by atoms with E-state index < -0.39 is 35.6 Å². The fourth-order valence-electron chi connectivity index (χ4n) is 3.99. The number of ether oxygens (including phenoxy) is 1. The van der Waals surface area contributed by atoms with E-state index in [9.17, 15) is 19.2 Å². The van der Waals surface area contributed by atoms with E-state index in [1.807, 2.05) is 75.4 Å². The monoisotopic (exact) mass is 566 g/mol. The zero-order chi connectivity index (χ0) is 29.7. The number of nitrogens with two attached hydrogens (primary N) is 1. The maximum absolute atomic E-state index is 13.3. The van der Waals surface area contributed by atoms with Crippen molar-refractivity contribution in [2.24, 2.45) is 5.73 Å². The van der Waals surface area contributed by atoms with Crippen molar-refractivity contribution >= 4 is 29.4 Å². The lowest BCUT2D eigenvalue weighted by Crippen LogP contribution is -2.54. The van der Waals surface area contributed by atoms with Crippen molar-refractivity contribution in [1.29, 1.82) is 0 Å². The minimum Gasteiger partial charge on any atom is -0.444 e. The topological polar surface area (TPSA) is 133 Å². The lowest BCUT2D eigenvalue weighted by Gasteiger charge is -2.25. The third kappa shape index (κ3) is 8.81. The Morgan fingerprint density at radius 1 is 0.875 bits per heavy atom. The van der Waals surface area contributed by atoms with E-state index in [4.69, 9.17) is 10.5 Å². The number of hydrogen-bond acceptors (Lipinski definition) is 6. The number of aromatic nitrogens is 1. The van der Waals surface area contributed by atoms with Crippen LogP contribution in [0.25, 0.3) is 10.4 Å². The van der Waals surface area contributed by atoms with Gasteiger partial charge >= 0.3 is 6.09 Å². The Morgan fingerprint density at radius 3 is 1.98 bits per heavy atom. The molecular weight excluding hydrogens is 528 g/mol. The first-order valence-electron chi connectivity index (χ1n) is 13.1. The van der Waals surface area contributed by atoms with Gasteiger partial charge in [-0.1, -0.05) is 66.1 Å². The van der Waals surface area contributed by atoms with Gasteiger partial charge in [-0.3, -0.25) is 18.3 Å². The summed E-state index contributed by atoms with van der Waals surface area (Å²) >= 11 is 1.39. The first-order valence-corrected chi connectivity index (χ1v) is 13.9. The minimum absolute atomic E-state index is 0.0573. The van der Waals surface area contributed by atoms with Gasteiger partial charge in [-0.15, -0.1) is 0 Å². The molecule has 3 rings (SSSR count). The van der Waals surface area contributed by atoms with E-state index in [0.717, 1.165) is 21.6 Å². The van der Waals surface area contributed by atoms with Crippen LogP contribution in [0.15, 0.2) is 65.5 Å². The maximum atomic E-state index is 13.3. The summed E-state index contributed by atoms with van der Waals surface area (Å²) in [6.07, 6.45) is -0.383. The summed E-state index contributed by atoms with van der Waals surface area (Å²) in [4.78, 5) is 51.3. The molecule has 1 aromatic heterocycles. The van der Waals surface area contributed by atoms with Crippen LogP contribution in [0.2, 0.25) is 0 Å². The number of alkyl carbamates (subject to hydrolysis) is 1. The summed E-state index contributed by atoms with van der Waals surface area (Å²) in [7, 11) is 0. The van der Waals surface area contributed by atoms with Gasteiger partial charge in [-0.05, 0) is 58.2 Å². The number of nitrogens with zero attached hydrogens (tertiary/aromatic N) is 1. The number of carbonyl (C=O) groups is 3. The molecule has 0 bridgehead atoms. The summed E-state index contributed by atoms with van der Waals surface area (Å²) in [5.41, 5.74) is 7.00. The molecule has 0 spiro atoms. The predicted octanol–water partition coefficient (Wildman–Crippen LogP) is 3.98. The van der Waals surface area contributed by atoms with Crippen LogP contribution in [0.1, 0.15) is 52.7 Å². The number of amides is 3. The fourth-order valence-corrected chi connectivity index (χ4v) is 5.00. The predicted molar refractivity (Wildman–Crippen MR) is 157 cm³/mol. The molecule has 2 atom stereocenters. The number of carbonyl (C=O) groups excluding carboxylic acids is 3. The normalized spacial score (nSPS) is 13.2. The third-order valence-corrected chi connectivity index (χ3v) is 7.34. The zero-order valence-electron chi connectivity index (χ0n) is 23.8. The number of hydrogen-bond donors (Lipinski definition) is 3. The Balaban J connectivity index is 1.74. The second-order valence-electron chi connectivity index (χ2n) is 11.7. The lowest BCUT2D eigenvalue weighted by molar-refractivity contribution is -0.128. The van der Waals surface area contributed by atoms with Gasteiger partial charge in [-0.25, -0.2) is 4.79 Å². The zero-order valence-corrected chi connectivity index (χ0v) is 24.6. The number of benzene rings is 2. The van der Waals surface area contributed by atoms with Crippen LogP contribution < -0.4 is 21.9 Å². The van der Waals surface area contributed by atoms with Gasteiger partial charge in [0.05, 0.1) is 10.4 Å². The summed E-state index contributed by atoms with van der Waals surface area (Å²) < 4.78 is 7.07. The molecule has 0 saturated heterocycles. The van der Waals surface area contributed by atoms with Crippen LogP contribution in [0.5, 0.6) is 0 Å². The highest BCUT2D eigenvalue weighted by Crippen LogP contribution is 2.27. The molecule has 4 N–H and O–H groups in total. The van der Waals surface area contributed by atoms with Crippen LogP contribution in [0.4, 0.5) is 4.79 Å². The molecule has 0 aliphatic carbocycles. The fraction of sp³-hybridized carbons (Fsp3) is 0.400. The number of nitrogens with one attached hydrogen (secondary N) is 2. The van der Waals surface area contributed by atoms with Crippen LogP contribution >= 0.6 is 11.5 Å². The molecule has 9 nitrogen and oxygen atoms in total. The van der Waals surface area contributed by atoms with Crippen LogP contribution in [-0.4, -0.2) is 39.5 Å². The Morgan fingerprint density at radius 2 is 1.45 bits per heavy atom. The second kappa shape index (κ2) is 12.5. The molecule has 0 fully saturated rings. The van der Waals surface area contributed by atoms with Crippen molar-refractivity contribution in [3.8, 4) is 10.4 Å². The van der Waals surface area contributed by atoms with Gasteiger partial charge in [0.25, 0.3) is 5.56 Å². The molecular formula is C30H38N4O5S. The average molecular weight is 567 g/mol. The van der Waals surface area contributed by atoms with Crippen molar-refractivity contribution in [3.63, 3.8) is 0 Å². The Bertz CT molecular complexity index is 1380. The Labute approximate surface area is 238 Å². The Kier molecular flexibility index (Phi) is 9.57. The van der Waals surface area contributed by atoms with Crippen molar-refractivity contribution in [1.82, 2.24) is 14.6 Å². The highest BCUT2D eigenvalue weighted by atomic mass is 32.1. The first kappa shape index (κ1) is 30.6. The van der Waals surface area contributed by atoms with Crippen molar-refractivity contribution < 1.29 is 19.1 Å². The van der Waals surface area contributed by atoms with E-state index in [1.54, 1.807) is 30.8 Å².